The van der Waals surface area contributed by atoms with Gasteiger partial charge in [-0.15, -0.1) is 0 Å². The predicted octanol–water partition coefficient (Wildman–Crippen LogP) is 0.421. The minimum Gasteiger partial charge on any atom is -0.365 e. The van der Waals surface area contributed by atoms with Gasteiger partial charge in [0.2, 0.25) is 0 Å². The van der Waals surface area contributed by atoms with Crippen LogP contribution < -0.4 is 10.9 Å². The summed E-state index contributed by atoms with van der Waals surface area (Å²) in [7, 11) is 1.76. The SMILES string of the molecule is CNc1nc2nc[nH]c(=O)c2s1. The zero-order valence-electron chi connectivity index (χ0n) is 6.29. The van der Waals surface area contributed by atoms with Crippen LogP contribution in [-0.2, 0) is 0 Å². The van der Waals surface area contributed by atoms with Gasteiger partial charge in [-0.05, 0) is 0 Å². The van der Waals surface area contributed by atoms with Crippen molar-refractivity contribution in [1.29, 1.82) is 0 Å². The third-order valence-electron chi connectivity index (χ3n) is 1.41. The molecule has 0 aromatic carbocycles. The molecule has 0 aliphatic rings. The van der Waals surface area contributed by atoms with Gasteiger partial charge >= 0.3 is 0 Å². The van der Waals surface area contributed by atoms with Crippen molar-refractivity contribution < 1.29 is 0 Å². The molecule has 0 amide bonds. The monoisotopic (exact) mass is 182 g/mol. The molecule has 2 aromatic rings. The summed E-state index contributed by atoms with van der Waals surface area (Å²) in [6, 6.07) is 0. The summed E-state index contributed by atoms with van der Waals surface area (Å²) in [5.74, 6) is 0. The van der Waals surface area contributed by atoms with E-state index in [1.807, 2.05) is 0 Å². The molecule has 2 rings (SSSR count). The largest absolute Gasteiger partial charge is 0.365 e. The van der Waals surface area contributed by atoms with Crippen LogP contribution in [0.5, 0.6) is 0 Å². The lowest BCUT2D eigenvalue weighted by atomic mass is 10.6. The third-order valence-corrected chi connectivity index (χ3v) is 2.47. The first-order valence-corrected chi connectivity index (χ1v) is 4.15. The standard InChI is InChI=1S/C6H6N4OS/c1-7-6-10-4-3(12-6)5(11)9-2-8-4/h2H,1H3,(H2,7,8,9,10,11). The molecule has 0 fully saturated rings. The second-order valence-electron chi connectivity index (χ2n) is 2.15. The van der Waals surface area contributed by atoms with Crippen molar-refractivity contribution >= 4 is 26.8 Å². The number of hydrogen-bond acceptors (Lipinski definition) is 5. The first kappa shape index (κ1) is 7.23. The molecule has 0 saturated heterocycles. The lowest BCUT2D eigenvalue weighted by Crippen LogP contribution is -2.03. The van der Waals surface area contributed by atoms with E-state index < -0.39 is 0 Å². The maximum Gasteiger partial charge on any atom is 0.270 e. The summed E-state index contributed by atoms with van der Waals surface area (Å²) in [6.07, 6.45) is 1.35. The van der Waals surface area contributed by atoms with Crippen molar-refractivity contribution in [2.75, 3.05) is 12.4 Å². The second-order valence-corrected chi connectivity index (χ2v) is 3.15. The Morgan fingerprint density at radius 2 is 2.50 bits per heavy atom. The van der Waals surface area contributed by atoms with Crippen LogP contribution in [0.1, 0.15) is 0 Å². The van der Waals surface area contributed by atoms with Crippen LogP contribution in [0, 0.1) is 0 Å². The molecular weight excluding hydrogens is 176 g/mol. The Balaban J connectivity index is 2.83. The minimum atomic E-state index is -0.140. The van der Waals surface area contributed by atoms with Crippen molar-refractivity contribution in [3.05, 3.63) is 16.7 Å². The maximum absolute atomic E-state index is 11.2. The molecule has 2 aromatic heterocycles. The van der Waals surface area contributed by atoms with Crippen molar-refractivity contribution in [3.8, 4) is 0 Å². The third kappa shape index (κ3) is 0.964. The number of nitrogens with one attached hydrogen (secondary N) is 2. The Morgan fingerprint density at radius 1 is 1.67 bits per heavy atom. The van der Waals surface area contributed by atoms with E-state index in [4.69, 9.17) is 0 Å². The Kier molecular flexibility index (Phi) is 1.54. The highest BCUT2D eigenvalue weighted by Crippen LogP contribution is 2.19. The van der Waals surface area contributed by atoms with Crippen LogP contribution >= 0.6 is 11.3 Å². The summed E-state index contributed by atoms with van der Waals surface area (Å²) in [5, 5.41) is 3.56. The van der Waals surface area contributed by atoms with Gasteiger partial charge in [0, 0.05) is 7.05 Å². The number of thiazole rings is 1. The van der Waals surface area contributed by atoms with Crippen LogP contribution in [0.2, 0.25) is 0 Å². The normalized spacial score (nSPS) is 10.4. The van der Waals surface area contributed by atoms with E-state index in [0.29, 0.717) is 15.5 Å². The van der Waals surface area contributed by atoms with Crippen LogP contribution in [0.25, 0.3) is 10.3 Å². The van der Waals surface area contributed by atoms with E-state index in [1.165, 1.54) is 17.7 Å². The number of H-pyrrole nitrogens is 1. The molecule has 5 nitrogen and oxygen atoms in total. The van der Waals surface area contributed by atoms with Crippen molar-refractivity contribution in [2.24, 2.45) is 0 Å². The average molecular weight is 182 g/mol. The van der Waals surface area contributed by atoms with Gasteiger partial charge < -0.3 is 10.3 Å². The van der Waals surface area contributed by atoms with E-state index in [1.54, 1.807) is 7.05 Å². The molecule has 0 bridgehead atoms. The molecule has 0 atom stereocenters. The molecule has 2 N–H and O–H groups in total. The fourth-order valence-electron chi connectivity index (χ4n) is 0.872. The molecule has 0 aliphatic carbocycles. The van der Waals surface area contributed by atoms with Gasteiger partial charge in [-0.1, -0.05) is 11.3 Å². The smallest absolute Gasteiger partial charge is 0.270 e. The van der Waals surface area contributed by atoms with E-state index in [9.17, 15) is 4.79 Å². The summed E-state index contributed by atoms with van der Waals surface area (Å²) < 4.78 is 0.557. The number of rotatable bonds is 1. The van der Waals surface area contributed by atoms with E-state index in [-0.39, 0.29) is 5.56 Å². The minimum absolute atomic E-state index is 0.140. The Hall–Kier alpha value is -1.43. The molecule has 0 radical (unpaired) electrons. The van der Waals surface area contributed by atoms with Gasteiger partial charge in [-0.2, -0.15) is 4.98 Å². The molecule has 0 unspecified atom stereocenters. The van der Waals surface area contributed by atoms with Crippen LogP contribution in [0.15, 0.2) is 11.1 Å². The summed E-state index contributed by atoms with van der Waals surface area (Å²) >= 11 is 1.30. The summed E-state index contributed by atoms with van der Waals surface area (Å²) in [6.45, 7) is 0. The highest BCUT2D eigenvalue weighted by atomic mass is 32.1. The van der Waals surface area contributed by atoms with Crippen LogP contribution in [0.3, 0.4) is 0 Å². The average Bonchev–Trinajstić information content (AvgIpc) is 2.49. The van der Waals surface area contributed by atoms with Crippen molar-refractivity contribution in [3.63, 3.8) is 0 Å². The van der Waals surface area contributed by atoms with Gasteiger partial charge in [0.15, 0.2) is 10.8 Å². The molecular formula is C6H6N4OS. The van der Waals surface area contributed by atoms with Crippen LogP contribution in [0.4, 0.5) is 5.13 Å². The van der Waals surface area contributed by atoms with Crippen molar-refractivity contribution in [1.82, 2.24) is 15.0 Å². The van der Waals surface area contributed by atoms with Gasteiger partial charge in [-0.25, -0.2) is 4.98 Å². The molecule has 6 heteroatoms. The Bertz CT molecular complexity index is 460. The zero-order valence-corrected chi connectivity index (χ0v) is 7.10. The molecule has 62 valence electrons. The lowest BCUT2D eigenvalue weighted by molar-refractivity contribution is 1.16. The van der Waals surface area contributed by atoms with Gasteiger partial charge in [0.1, 0.15) is 4.70 Å². The van der Waals surface area contributed by atoms with Gasteiger partial charge in [-0.3, -0.25) is 4.79 Å². The van der Waals surface area contributed by atoms with E-state index in [2.05, 4.69) is 20.3 Å². The number of nitrogens with zero attached hydrogens (tertiary/aromatic N) is 2. The first-order valence-electron chi connectivity index (χ1n) is 3.33. The van der Waals surface area contributed by atoms with Crippen LogP contribution in [-0.4, -0.2) is 22.0 Å². The topological polar surface area (TPSA) is 70.7 Å². The number of anilines is 1. The molecule has 2 heterocycles. The van der Waals surface area contributed by atoms with Crippen molar-refractivity contribution in [2.45, 2.75) is 0 Å². The first-order chi connectivity index (χ1) is 5.81. The lowest BCUT2D eigenvalue weighted by Gasteiger charge is -1.84. The quantitative estimate of drug-likeness (QED) is 0.670. The predicted molar refractivity (Wildman–Crippen MR) is 47.6 cm³/mol. The Morgan fingerprint density at radius 3 is 3.17 bits per heavy atom. The molecule has 12 heavy (non-hydrogen) atoms. The molecule has 0 spiro atoms. The number of fused-ring (bicyclic) bond motifs is 1. The molecule has 0 saturated carbocycles. The second kappa shape index (κ2) is 2.56. The fraction of sp³-hybridized carbons (Fsp3) is 0.167. The highest BCUT2D eigenvalue weighted by Gasteiger charge is 2.05. The molecule has 0 aliphatic heterocycles. The Labute approximate surface area is 71.5 Å². The number of aromatic nitrogens is 3. The summed E-state index contributed by atoms with van der Waals surface area (Å²) in [5.41, 5.74) is 0.354. The number of hydrogen-bond donors (Lipinski definition) is 2. The fourth-order valence-corrected chi connectivity index (χ4v) is 1.64. The highest BCUT2D eigenvalue weighted by molar-refractivity contribution is 7.22. The zero-order chi connectivity index (χ0) is 8.55. The summed E-state index contributed by atoms with van der Waals surface area (Å²) in [4.78, 5) is 21.6. The number of aromatic amines is 1. The van der Waals surface area contributed by atoms with Gasteiger partial charge in [0.05, 0.1) is 6.33 Å². The van der Waals surface area contributed by atoms with Gasteiger partial charge in [0.25, 0.3) is 5.56 Å². The van der Waals surface area contributed by atoms with E-state index in [0.717, 1.165) is 0 Å². The van der Waals surface area contributed by atoms with E-state index >= 15 is 0 Å². The maximum atomic E-state index is 11.2.